The number of hydrogen-bond acceptors (Lipinski definition) is 2. The fraction of sp³-hybridized carbons (Fsp3) is 0. The Morgan fingerprint density at radius 1 is 1.18 bits per heavy atom. The van der Waals surface area contributed by atoms with Crippen molar-refractivity contribution < 1.29 is 10.2 Å². The molecule has 0 radical (unpaired) electrons. The van der Waals surface area contributed by atoms with Gasteiger partial charge in [0.05, 0.1) is 0 Å². The van der Waals surface area contributed by atoms with Gasteiger partial charge < -0.3 is 15.2 Å². The molecule has 0 saturated heterocycles. The minimum atomic E-state index is 0.160. The lowest BCUT2D eigenvalue weighted by Gasteiger charge is -1.91. The van der Waals surface area contributed by atoms with Gasteiger partial charge in [0.1, 0.15) is 11.5 Å². The monoisotopic (exact) mass is 149 g/mol. The van der Waals surface area contributed by atoms with Crippen LogP contribution in [0.3, 0.4) is 0 Å². The molecule has 0 spiro atoms. The second-order valence-corrected chi connectivity index (χ2v) is 2.40. The van der Waals surface area contributed by atoms with Crippen molar-refractivity contribution in [3.8, 4) is 11.5 Å². The highest BCUT2D eigenvalue weighted by Gasteiger charge is 2.00. The third-order valence-corrected chi connectivity index (χ3v) is 1.64. The number of nitrogens with one attached hydrogen (secondary N) is 1. The summed E-state index contributed by atoms with van der Waals surface area (Å²) >= 11 is 0. The molecule has 0 unspecified atom stereocenters. The third kappa shape index (κ3) is 0.816. The minimum Gasteiger partial charge on any atom is -0.508 e. The molecule has 0 aliphatic heterocycles. The van der Waals surface area contributed by atoms with Gasteiger partial charge in [0.15, 0.2) is 0 Å². The highest BCUT2D eigenvalue weighted by Crippen LogP contribution is 2.26. The molecule has 3 heteroatoms. The number of phenols is 1. The maximum atomic E-state index is 9.19. The summed E-state index contributed by atoms with van der Waals surface area (Å²) in [5.74, 6) is 0.323. The van der Waals surface area contributed by atoms with Crippen molar-refractivity contribution in [3.63, 3.8) is 0 Å². The van der Waals surface area contributed by atoms with Crippen LogP contribution in [0.5, 0.6) is 11.5 Å². The first-order valence-electron chi connectivity index (χ1n) is 3.26. The summed E-state index contributed by atoms with van der Waals surface area (Å²) in [5, 5.41) is 18.9. The highest BCUT2D eigenvalue weighted by molar-refractivity contribution is 5.86. The van der Waals surface area contributed by atoms with Gasteiger partial charge in [-0.3, -0.25) is 0 Å². The lowest BCUT2D eigenvalue weighted by molar-refractivity contribution is 0.472. The number of rotatable bonds is 0. The Kier molecular flexibility index (Phi) is 1.06. The van der Waals surface area contributed by atoms with Gasteiger partial charge in [0.25, 0.3) is 0 Å². The maximum absolute atomic E-state index is 9.19. The Bertz CT molecular complexity index is 392. The van der Waals surface area contributed by atoms with E-state index in [4.69, 9.17) is 5.11 Å². The van der Waals surface area contributed by atoms with E-state index in [1.165, 1.54) is 12.3 Å². The molecule has 0 fully saturated rings. The van der Waals surface area contributed by atoms with E-state index in [1.807, 2.05) is 0 Å². The second-order valence-electron chi connectivity index (χ2n) is 2.40. The summed E-state index contributed by atoms with van der Waals surface area (Å²) in [6.45, 7) is 0. The Balaban J connectivity index is 2.87. The van der Waals surface area contributed by atoms with E-state index in [1.54, 1.807) is 12.1 Å². The quantitative estimate of drug-likeness (QED) is 0.532. The average molecular weight is 149 g/mol. The molecular weight excluding hydrogens is 142 g/mol. The second kappa shape index (κ2) is 1.92. The van der Waals surface area contributed by atoms with Crippen LogP contribution in [0.15, 0.2) is 24.4 Å². The van der Waals surface area contributed by atoms with Gasteiger partial charge in [-0.1, -0.05) is 0 Å². The smallest absolute Gasteiger partial charge is 0.140 e. The first-order valence-corrected chi connectivity index (χ1v) is 3.26. The summed E-state index contributed by atoms with van der Waals surface area (Å²) < 4.78 is 0. The van der Waals surface area contributed by atoms with Crippen molar-refractivity contribution in [1.29, 1.82) is 0 Å². The molecule has 3 N–H and O–H groups in total. The maximum Gasteiger partial charge on any atom is 0.140 e. The number of H-pyrrole nitrogens is 1. The van der Waals surface area contributed by atoms with Gasteiger partial charge in [0.2, 0.25) is 0 Å². The molecule has 1 heterocycles. The Labute approximate surface area is 62.9 Å². The van der Waals surface area contributed by atoms with E-state index >= 15 is 0 Å². The number of aromatic hydroxyl groups is 2. The molecule has 11 heavy (non-hydrogen) atoms. The van der Waals surface area contributed by atoms with Crippen LogP contribution in [0.4, 0.5) is 0 Å². The molecule has 2 aromatic rings. The van der Waals surface area contributed by atoms with Crippen LogP contribution in [0.2, 0.25) is 0 Å². The first kappa shape index (κ1) is 6.09. The first-order chi connectivity index (χ1) is 5.27. The zero-order chi connectivity index (χ0) is 7.84. The molecule has 1 aromatic carbocycles. The topological polar surface area (TPSA) is 56.2 Å². The van der Waals surface area contributed by atoms with E-state index < -0.39 is 0 Å². The molecular formula is C8H7NO2. The van der Waals surface area contributed by atoms with Gasteiger partial charge in [0, 0.05) is 17.1 Å². The predicted octanol–water partition coefficient (Wildman–Crippen LogP) is 1.58. The van der Waals surface area contributed by atoms with Crippen molar-refractivity contribution in [2.45, 2.75) is 0 Å². The van der Waals surface area contributed by atoms with Crippen molar-refractivity contribution in [2.75, 3.05) is 0 Å². The van der Waals surface area contributed by atoms with Crippen LogP contribution in [-0.2, 0) is 0 Å². The van der Waals surface area contributed by atoms with Gasteiger partial charge in [-0.05, 0) is 18.2 Å². The van der Waals surface area contributed by atoms with Crippen molar-refractivity contribution >= 4 is 10.9 Å². The Hall–Kier alpha value is -1.64. The molecule has 3 nitrogen and oxygen atoms in total. The van der Waals surface area contributed by atoms with Crippen LogP contribution >= 0.6 is 0 Å². The standard InChI is InChI=1S/C8H7NO2/c10-5-1-2-7-6(3-5)8(11)4-9-7/h1-4,9-11H. The summed E-state index contributed by atoms with van der Waals surface area (Å²) in [7, 11) is 0. The van der Waals surface area contributed by atoms with Gasteiger partial charge >= 0.3 is 0 Å². The summed E-state index contributed by atoms with van der Waals surface area (Å²) in [6, 6.07) is 4.80. The van der Waals surface area contributed by atoms with Gasteiger partial charge in [-0.15, -0.1) is 0 Å². The van der Waals surface area contributed by atoms with Crippen LogP contribution in [0, 0.1) is 0 Å². The molecule has 0 atom stereocenters. The average Bonchev–Trinajstić information content (AvgIpc) is 2.33. The molecule has 0 aliphatic rings. The van der Waals surface area contributed by atoms with Gasteiger partial charge in [-0.2, -0.15) is 0 Å². The number of hydrogen-bond donors (Lipinski definition) is 3. The largest absolute Gasteiger partial charge is 0.508 e. The SMILES string of the molecule is Oc1ccc2[nH]cc(O)c2c1. The van der Waals surface area contributed by atoms with E-state index in [2.05, 4.69) is 4.98 Å². The Morgan fingerprint density at radius 3 is 2.82 bits per heavy atom. The fourth-order valence-electron chi connectivity index (χ4n) is 1.09. The van der Waals surface area contributed by atoms with Crippen LogP contribution < -0.4 is 0 Å². The predicted molar refractivity (Wildman–Crippen MR) is 41.6 cm³/mol. The van der Waals surface area contributed by atoms with E-state index in [9.17, 15) is 5.11 Å². The van der Waals surface area contributed by atoms with E-state index in [-0.39, 0.29) is 11.5 Å². The summed E-state index contributed by atoms with van der Waals surface area (Å²) in [4.78, 5) is 2.85. The number of phenolic OH excluding ortho intramolecular Hbond substituents is 1. The number of fused-ring (bicyclic) bond motifs is 1. The molecule has 0 amide bonds. The van der Waals surface area contributed by atoms with Crippen molar-refractivity contribution in [2.24, 2.45) is 0 Å². The zero-order valence-corrected chi connectivity index (χ0v) is 5.70. The summed E-state index contributed by atoms with van der Waals surface area (Å²) in [6.07, 6.45) is 1.49. The lowest BCUT2D eigenvalue weighted by Crippen LogP contribution is -1.66. The highest BCUT2D eigenvalue weighted by atomic mass is 16.3. The number of benzene rings is 1. The van der Waals surface area contributed by atoms with Crippen molar-refractivity contribution in [1.82, 2.24) is 4.98 Å². The number of aromatic amines is 1. The van der Waals surface area contributed by atoms with Crippen molar-refractivity contribution in [3.05, 3.63) is 24.4 Å². The molecule has 56 valence electrons. The van der Waals surface area contributed by atoms with Crippen LogP contribution in [-0.4, -0.2) is 15.2 Å². The zero-order valence-electron chi connectivity index (χ0n) is 5.70. The Morgan fingerprint density at radius 2 is 2.00 bits per heavy atom. The fourth-order valence-corrected chi connectivity index (χ4v) is 1.09. The molecule has 0 aliphatic carbocycles. The van der Waals surface area contributed by atoms with Gasteiger partial charge in [-0.25, -0.2) is 0 Å². The summed E-state index contributed by atoms with van der Waals surface area (Å²) in [5.41, 5.74) is 0.820. The molecule has 1 aromatic heterocycles. The number of aromatic nitrogens is 1. The minimum absolute atomic E-state index is 0.160. The molecule has 0 bridgehead atoms. The van der Waals surface area contributed by atoms with E-state index in [0.29, 0.717) is 5.39 Å². The lowest BCUT2D eigenvalue weighted by atomic mass is 10.2. The molecule has 0 saturated carbocycles. The van der Waals surface area contributed by atoms with E-state index in [0.717, 1.165) is 5.52 Å². The normalized spacial score (nSPS) is 10.5. The third-order valence-electron chi connectivity index (χ3n) is 1.64. The van der Waals surface area contributed by atoms with Crippen LogP contribution in [0.1, 0.15) is 0 Å². The molecule has 2 rings (SSSR count). The van der Waals surface area contributed by atoms with Crippen LogP contribution in [0.25, 0.3) is 10.9 Å².